The van der Waals surface area contributed by atoms with Gasteiger partial charge in [-0.25, -0.2) is 14.2 Å². The Labute approximate surface area is 163 Å². The highest BCUT2D eigenvalue weighted by Gasteiger charge is 2.15. The number of rotatable bonds is 7. The van der Waals surface area contributed by atoms with Gasteiger partial charge in [-0.15, -0.1) is 0 Å². The van der Waals surface area contributed by atoms with Crippen molar-refractivity contribution in [2.45, 2.75) is 39.3 Å². The van der Waals surface area contributed by atoms with Gasteiger partial charge in [0.2, 0.25) is 11.8 Å². The fourth-order valence-corrected chi connectivity index (χ4v) is 2.08. The third-order valence-corrected chi connectivity index (χ3v) is 3.34. The zero-order valence-electron chi connectivity index (χ0n) is 16.1. The van der Waals surface area contributed by atoms with Crippen LogP contribution in [0.25, 0.3) is 0 Å². The molecule has 0 fully saturated rings. The van der Waals surface area contributed by atoms with Crippen LogP contribution in [0, 0.1) is 5.82 Å². The third kappa shape index (κ3) is 8.03. The lowest BCUT2D eigenvalue weighted by atomic mass is 10.2. The first-order valence-corrected chi connectivity index (χ1v) is 8.83. The van der Waals surface area contributed by atoms with E-state index in [1.165, 1.54) is 24.3 Å². The first-order valence-electron chi connectivity index (χ1n) is 8.83. The fourth-order valence-electron chi connectivity index (χ4n) is 2.08. The number of aromatic nitrogens is 1. The molecule has 0 saturated carbocycles. The monoisotopic (exact) mass is 389 g/mol. The summed E-state index contributed by atoms with van der Waals surface area (Å²) >= 11 is 0. The van der Waals surface area contributed by atoms with Crippen molar-refractivity contribution < 1.29 is 23.5 Å². The molecule has 0 unspecified atom stereocenters. The minimum absolute atomic E-state index is 0.137. The van der Waals surface area contributed by atoms with E-state index in [2.05, 4.69) is 15.6 Å². The lowest BCUT2D eigenvalue weighted by Gasteiger charge is -2.19. The van der Waals surface area contributed by atoms with Gasteiger partial charge in [0.15, 0.2) is 0 Å². The van der Waals surface area contributed by atoms with Crippen molar-refractivity contribution in [3.8, 4) is 11.6 Å². The summed E-state index contributed by atoms with van der Waals surface area (Å²) in [6.07, 6.45) is 1.16. The van der Waals surface area contributed by atoms with Crippen LogP contribution in [0.2, 0.25) is 0 Å². The maximum atomic E-state index is 12.9. The van der Waals surface area contributed by atoms with Gasteiger partial charge in [0, 0.05) is 31.8 Å². The summed E-state index contributed by atoms with van der Waals surface area (Å²) in [6, 6.07) is 9.06. The number of nitrogens with one attached hydrogen (secondary N) is 2. The average Bonchev–Trinajstić information content (AvgIpc) is 2.61. The van der Waals surface area contributed by atoms with Crippen LogP contribution < -0.4 is 15.4 Å². The Morgan fingerprint density at radius 3 is 2.39 bits per heavy atom. The number of nitrogens with zero attached hydrogens (tertiary/aromatic N) is 1. The highest BCUT2D eigenvalue weighted by atomic mass is 19.1. The molecule has 0 spiro atoms. The Balaban J connectivity index is 1.70. The van der Waals surface area contributed by atoms with Crippen LogP contribution >= 0.6 is 0 Å². The summed E-state index contributed by atoms with van der Waals surface area (Å²) in [4.78, 5) is 27.5. The zero-order chi connectivity index (χ0) is 20.6. The fraction of sp³-hybridized carbons (Fsp3) is 0.350. The molecular weight excluding hydrogens is 365 g/mol. The number of alkyl carbamates (subject to hydrolysis) is 1. The summed E-state index contributed by atoms with van der Waals surface area (Å²) in [6.45, 7) is 5.79. The first kappa shape index (κ1) is 21.1. The molecule has 150 valence electrons. The van der Waals surface area contributed by atoms with Crippen LogP contribution in [-0.4, -0.2) is 29.1 Å². The lowest BCUT2D eigenvalue weighted by Crippen LogP contribution is -2.35. The summed E-state index contributed by atoms with van der Waals surface area (Å²) in [7, 11) is 0. The standard InChI is InChI=1S/C20H24FN3O4/c1-20(2,3)28-19(26)22-11-10-17(25)23-12-14-4-9-18(24-13-14)27-16-7-5-15(21)6-8-16/h4-9,13H,10-12H2,1-3H3,(H,22,26)(H,23,25). The highest BCUT2D eigenvalue weighted by Crippen LogP contribution is 2.19. The first-order chi connectivity index (χ1) is 13.2. The normalized spacial score (nSPS) is 10.9. The Bertz CT molecular complexity index is 787. The Morgan fingerprint density at radius 2 is 1.79 bits per heavy atom. The van der Waals surface area contributed by atoms with Crippen molar-refractivity contribution in [2.24, 2.45) is 0 Å². The van der Waals surface area contributed by atoms with Crippen molar-refractivity contribution in [1.82, 2.24) is 15.6 Å². The Hall–Kier alpha value is -3.16. The van der Waals surface area contributed by atoms with Gasteiger partial charge in [0.25, 0.3) is 0 Å². The molecule has 28 heavy (non-hydrogen) atoms. The molecule has 0 atom stereocenters. The number of hydrogen-bond acceptors (Lipinski definition) is 5. The molecule has 2 rings (SSSR count). The molecule has 0 aliphatic carbocycles. The van der Waals surface area contributed by atoms with E-state index in [0.717, 1.165) is 5.56 Å². The number of hydrogen-bond donors (Lipinski definition) is 2. The van der Waals surface area contributed by atoms with Gasteiger partial charge in [-0.1, -0.05) is 6.07 Å². The predicted molar refractivity (Wildman–Crippen MR) is 101 cm³/mol. The van der Waals surface area contributed by atoms with Gasteiger partial charge >= 0.3 is 6.09 Å². The number of carbonyl (C=O) groups is 2. The van der Waals surface area contributed by atoms with Crippen LogP contribution in [0.1, 0.15) is 32.8 Å². The molecule has 0 aliphatic heterocycles. The molecule has 0 saturated heterocycles. The number of carbonyl (C=O) groups excluding carboxylic acids is 2. The second-order valence-electron chi connectivity index (χ2n) is 7.02. The number of halogens is 1. The summed E-state index contributed by atoms with van der Waals surface area (Å²) in [5.74, 6) is 0.297. The van der Waals surface area contributed by atoms with Gasteiger partial charge in [0.1, 0.15) is 17.2 Å². The van der Waals surface area contributed by atoms with E-state index in [4.69, 9.17) is 9.47 Å². The molecule has 8 heteroatoms. The van der Waals surface area contributed by atoms with Gasteiger partial charge in [-0.3, -0.25) is 4.79 Å². The second-order valence-corrected chi connectivity index (χ2v) is 7.02. The molecular formula is C20H24FN3O4. The van der Waals surface area contributed by atoms with Crippen molar-refractivity contribution in [1.29, 1.82) is 0 Å². The molecule has 0 aliphatic rings. The molecule has 2 amide bonds. The van der Waals surface area contributed by atoms with Gasteiger partial charge in [-0.05, 0) is 50.6 Å². The molecule has 2 aromatic rings. The molecule has 0 bridgehead atoms. The number of benzene rings is 1. The SMILES string of the molecule is CC(C)(C)OC(=O)NCCC(=O)NCc1ccc(Oc2ccc(F)cc2)nc1. The Morgan fingerprint density at radius 1 is 1.07 bits per heavy atom. The van der Waals surface area contributed by atoms with Crippen LogP contribution in [-0.2, 0) is 16.1 Å². The summed E-state index contributed by atoms with van der Waals surface area (Å²) in [5.41, 5.74) is 0.214. The maximum absolute atomic E-state index is 12.9. The smallest absolute Gasteiger partial charge is 0.407 e. The summed E-state index contributed by atoms with van der Waals surface area (Å²) in [5, 5.41) is 5.27. The quantitative estimate of drug-likeness (QED) is 0.756. The number of amides is 2. The topological polar surface area (TPSA) is 89.5 Å². The largest absolute Gasteiger partial charge is 0.444 e. The summed E-state index contributed by atoms with van der Waals surface area (Å²) < 4.78 is 23.5. The highest BCUT2D eigenvalue weighted by molar-refractivity contribution is 5.77. The minimum atomic E-state index is -0.577. The van der Waals surface area contributed by atoms with Gasteiger partial charge in [-0.2, -0.15) is 0 Å². The average molecular weight is 389 g/mol. The molecule has 1 aromatic heterocycles. The van der Waals surface area contributed by atoms with Crippen LogP contribution in [0.15, 0.2) is 42.6 Å². The zero-order valence-corrected chi connectivity index (χ0v) is 16.1. The van der Waals surface area contributed by atoms with E-state index in [0.29, 0.717) is 18.2 Å². The molecule has 7 nitrogen and oxygen atoms in total. The third-order valence-electron chi connectivity index (χ3n) is 3.34. The van der Waals surface area contributed by atoms with E-state index in [9.17, 15) is 14.0 Å². The number of pyridine rings is 1. The predicted octanol–water partition coefficient (Wildman–Crippen LogP) is 3.54. The molecule has 2 N–H and O–H groups in total. The second kappa shape index (κ2) is 9.68. The van der Waals surface area contributed by atoms with Crippen LogP contribution in [0.5, 0.6) is 11.6 Å². The molecule has 1 heterocycles. The lowest BCUT2D eigenvalue weighted by molar-refractivity contribution is -0.121. The van der Waals surface area contributed by atoms with Crippen molar-refractivity contribution in [3.05, 3.63) is 54.0 Å². The maximum Gasteiger partial charge on any atom is 0.407 e. The molecule has 1 aromatic carbocycles. The van der Waals surface area contributed by atoms with E-state index >= 15 is 0 Å². The van der Waals surface area contributed by atoms with Gasteiger partial charge in [0.05, 0.1) is 0 Å². The van der Waals surface area contributed by atoms with Gasteiger partial charge < -0.3 is 20.1 Å². The van der Waals surface area contributed by atoms with E-state index < -0.39 is 11.7 Å². The van der Waals surface area contributed by atoms with Crippen LogP contribution in [0.4, 0.5) is 9.18 Å². The van der Waals surface area contributed by atoms with Crippen LogP contribution in [0.3, 0.4) is 0 Å². The van der Waals surface area contributed by atoms with E-state index in [1.54, 1.807) is 39.1 Å². The van der Waals surface area contributed by atoms with Crippen molar-refractivity contribution in [3.63, 3.8) is 0 Å². The number of ether oxygens (including phenoxy) is 2. The van der Waals surface area contributed by atoms with Crippen molar-refractivity contribution >= 4 is 12.0 Å². The van der Waals surface area contributed by atoms with Crippen molar-refractivity contribution in [2.75, 3.05) is 6.54 Å². The Kier molecular flexibility index (Phi) is 7.31. The van der Waals surface area contributed by atoms with E-state index in [-0.39, 0.29) is 24.7 Å². The minimum Gasteiger partial charge on any atom is -0.444 e. The molecule has 0 radical (unpaired) electrons. The van der Waals surface area contributed by atoms with E-state index in [1.807, 2.05) is 0 Å².